The molecule has 11 heavy (non-hydrogen) atoms. The van der Waals surface area contributed by atoms with Crippen molar-refractivity contribution in [1.29, 1.82) is 0 Å². The number of halogens is 1. The molecule has 58 valence electrons. The second-order valence-electron chi connectivity index (χ2n) is 1.78. The number of benzene rings is 1. The van der Waals surface area contributed by atoms with Gasteiger partial charge >= 0.3 is 0 Å². The van der Waals surface area contributed by atoms with Gasteiger partial charge < -0.3 is 0 Å². The largest absolute Gasteiger partial charge is 0.265 e. The number of nitrogens with zero attached hydrogens (tertiary/aromatic N) is 1. The van der Waals surface area contributed by atoms with E-state index in [1.54, 1.807) is 24.3 Å². The standard InChI is InChI=1S/C6H5ClN2OS/c7-5-1-3-6(4-2-5)8-9-11-10/h1-4,8H. The van der Waals surface area contributed by atoms with Gasteiger partial charge in [-0.05, 0) is 24.3 Å². The van der Waals surface area contributed by atoms with Gasteiger partial charge in [-0.1, -0.05) is 16.1 Å². The lowest BCUT2D eigenvalue weighted by atomic mass is 10.3. The number of rotatable bonds is 2. The zero-order chi connectivity index (χ0) is 8.10. The highest BCUT2D eigenvalue weighted by atomic mass is 35.5. The van der Waals surface area contributed by atoms with Gasteiger partial charge in [-0.3, -0.25) is 5.43 Å². The van der Waals surface area contributed by atoms with E-state index in [-0.39, 0.29) is 11.5 Å². The van der Waals surface area contributed by atoms with Crippen LogP contribution in [0.25, 0.3) is 0 Å². The Morgan fingerprint density at radius 1 is 1.36 bits per heavy atom. The molecule has 0 saturated heterocycles. The third-order valence-electron chi connectivity index (χ3n) is 1.06. The summed E-state index contributed by atoms with van der Waals surface area (Å²) < 4.78 is 13.2. The SMILES string of the molecule is O=S=NNc1ccc(Cl)cc1. The molecule has 1 rings (SSSR count). The summed E-state index contributed by atoms with van der Waals surface area (Å²) in [6.45, 7) is 0. The first-order valence-electron chi connectivity index (χ1n) is 2.83. The first-order valence-corrected chi connectivity index (χ1v) is 3.91. The summed E-state index contributed by atoms with van der Waals surface area (Å²) in [5, 5.41) is 0.658. The molecule has 0 amide bonds. The fourth-order valence-corrected chi connectivity index (χ4v) is 0.864. The molecule has 0 aliphatic carbocycles. The average molecular weight is 189 g/mol. The summed E-state index contributed by atoms with van der Waals surface area (Å²) >= 11 is 5.75. The fourth-order valence-electron chi connectivity index (χ4n) is 0.596. The van der Waals surface area contributed by atoms with Crippen LogP contribution in [-0.4, -0.2) is 4.21 Å². The molecule has 0 aliphatic rings. The van der Waals surface area contributed by atoms with Crippen LogP contribution in [0, 0.1) is 0 Å². The second kappa shape index (κ2) is 4.10. The molecule has 0 saturated carbocycles. The topological polar surface area (TPSA) is 41.5 Å². The lowest BCUT2D eigenvalue weighted by molar-refractivity contribution is 0.698. The molecule has 3 nitrogen and oxygen atoms in total. The maximum Gasteiger partial charge on any atom is 0.223 e. The molecule has 5 heteroatoms. The molecule has 1 N–H and O–H groups in total. The van der Waals surface area contributed by atoms with Crippen LogP contribution in [0.15, 0.2) is 28.7 Å². The maximum atomic E-state index is 9.83. The average Bonchev–Trinajstić information content (AvgIpc) is 2.04. The van der Waals surface area contributed by atoms with Gasteiger partial charge in [0.15, 0.2) is 0 Å². The minimum absolute atomic E-state index is 0.132. The van der Waals surface area contributed by atoms with Gasteiger partial charge in [0, 0.05) is 5.02 Å². The van der Waals surface area contributed by atoms with E-state index < -0.39 is 0 Å². The van der Waals surface area contributed by atoms with Crippen LogP contribution in [0.1, 0.15) is 0 Å². The van der Waals surface area contributed by atoms with Gasteiger partial charge in [0.25, 0.3) is 0 Å². The Balaban J connectivity index is 2.73. The third-order valence-corrected chi connectivity index (χ3v) is 1.47. The first kappa shape index (κ1) is 8.23. The third kappa shape index (κ3) is 2.69. The molecule has 0 unspecified atom stereocenters. The summed E-state index contributed by atoms with van der Waals surface area (Å²) in [7, 11) is 0. The van der Waals surface area contributed by atoms with E-state index in [1.807, 2.05) is 0 Å². The summed E-state index contributed by atoms with van der Waals surface area (Å²) in [6.07, 6.45) is 0. The van der Waals surface area contributed by atoms with Crippen molar-refractivity contribution in [2.75, 3.05) is 5.43 Å². The molecule has 0 aliphatic heterocycles. The zero-order valence-electron chi connectivity index (χ0n) is 5.45. The Kier molecular flexibility index (Phi) is 3.07. The molecule has 1 aromatic rings. The molecule has 0 heterocycles. The lowest BCUT2D eigenvalue weighted by Crippen LogP contribution is -1.84. The maximum absolute atomic E-state index is 9.83. The Morgan fingerprint density at radius 2 is 2.00 bits per heavy atom. The molecular weight excluding hydrogens is 184 g/mol. The quantitative estimate of drug-likeness (QED) is 0.722. The number of hydrogen-bond acceptors (Lipinski definition) is 2. The highest BCUT2D eigenvalue weighted by Gasteiger charge is 1.88. The van der Waals surface area contributed by atoms with Crippen molar-refractivity contribution in [3.63, 3.8) is 0 Å². The van der Waals surface area contributed by atoms with Gasteiger partial charge in [-0.25, -0.2) is 0 Å². The van der Waals surface area contributed by atoms with Gasteiger partial charge in [0.05, 0.1) is 5.69 Å². The van der Waals surface area contributed by atoms with Crippen molar-refractivity contribution in [3.05, 3.63) is 29.3 Å². The van der Waals surface area contributed by atoms with Crippen molar-refractivity contribution >= 4 is 28.8 Å². The lowest BCUT2D eigenvalue weighted by Gasteiger charge is -1.95. The molecule has 0 bridgehead atoms. The van der Waals surface area contributed by atoms with Crippen molar-refractivity contribution in [1.82, 2.24) is 0 Å². The minimum Gasteiger partial charge on any atom is -0.265 e. The Bertz CT molecular complexity index is 281. The van der Waals surface area contributed by atoms with Crippen LogP contribution in [0.4, 0.5) is 5.69 Å². The normalized spacial score (nSPS) is 8.82. The Hall–Kier alpha value is -0.870. The van der Waals surface area contributed by atoms with Gasteiger partial charge in [-0.2, -0.15) is 4.21 Å². The molecule has 0 spiro atoms. The van der Waals surface area contributed by atoms with Crippen LogP contribution in [0.3, 0.4) is 0 Å². The van der Waals surface area contributed by atoms with E-state index in [1.165, 1.54) is 0 Å². The highest BCUT2D eigenvalue weighted by molar-refractivity contribution is 7.54. The summed E-state index contributed by atoms with van der Waals surface area (Å²) in [5.74, 6) is 0. The molecule has 0 aromatic heterocycles. The van der Waals surface area contributed by atoms with Gasteiger partial charge in [0.1, 0.15) is 0 Å². The predicted molar refractivity (Wildman–Crippen MR) is 45.6 cm³/mol. The van der Waals surface area contributed by atoms with Crippen LogP contribution in [-0.2, 0) is 11.5 Å². The first-order chi connectivity index (χ1) is 5.33. The molecule has 0 atom stereocenters. The summed E-state index contributed by atoms with van der Waals surface area (Å²) in [4.78, 5) is 0. The van der Waals surface area contributed by atoms with E-state index in [9.17, 15) is 4.21 Å². The van der Waals surface area contributed by atoms with E-state index >= 15 is 0 Å². The summed E-state index contributed by atoms with van der Waals surface area (Å²) in [5.41, 5.74) is 3.29. The number of anilines is 1. The zero-order valence-corrected chi connectivity index (χ0v) is 7.02. The van der Waals surface area contributed by atoms with Gasteiger partial charge in [0.2, 0.25) is 11.5 Å². The van der Waals surface area contributed by atoms with Crippen LogP contribution >= 0.6 is 11.6 Å². The van der Waals surface area contributed by atoms with Crippen LogP contribution in [0.2, 0.25) is 5.02 Å². The van der Waals surface area contributed by atoms with E-state index in [4.69, 9.17) is 11.6 Å². The van der Waals surface area contributed by atoms with Crippen molar-refractivity contribution in [2.45, 2.75) is 0 Å². The number of hydrogen-bond donors (Lipinski definition) is 1. The fraction of sp³-hybridized carbons (Fsp3) is 0. The van der Waals surface area contributed by atoms with Crippen molar-refractivity contribution < 1.29 is 4.21 Å². The predicted octanol–water partition coefficient (Wildman–Crippen LogP) is 2.06. The Morgan fingerprint density at radius 3 is 2.55 bits per heavy atom. The van der Waals surface area contributed by atoms with E-state index in [0.29, 0.717) is 5.02 Å². The Labute approximate surface area is 72.6 Å². The summed E-state index contributed by atoms with van der Waals surface area (Å²) in [6, 6.07) is 6.91. The number of nitrogens with one attached hydrogen (secondary N) is 1. The van der Waals surface area contributed by atoms with Crippen LogP contribution in [0.5, 0.6) is 0 Å². The highest BCUT2D eigenvalue weighted by Crippen LogP contribution is 2.12. The van der Waals surface area contributed by atoms with Crippen molar-refractivity contribution in [3.8, 4) is 0 Å². The molecule has 0 radical (unpaired) electrons. The van der Waals surface area contributed by atoms with E-state index in [0.717, 1.165) is 5.69 Å². The monoisotopic (exact) mass is 188 g/mol. The van der Waals surface area contributed by atoms with Crippen LogP contribution < -0.4 is 5.43 Å². The van der Waals surface area contributed by atoms with Crippen molar-refractivity contribution in [2.24, 2.45) is 4.47 Å². The molecule has 1 aromatic carbocycles. The van der Waals surface area contributed by atoms with E-state index in [2.05, 4.69) is 9.90 Å². The van der Waals surface area contributed by atoms with Gasteiger partial charge in [-0.15, -0.1) is 0 Å². The smallest absolute Gasteiger partial charge is 0.223 e. The minimum atomic E-state index is 0.132. The molecular formula is C6H5ClN2OS. The molecule has 0 fully saturated rings. The second-order valence-corrected chi connectivity index (χ2v) is 2.55.